The standard InChI is InChI=1S/C10H19ClO6/c1-13-2-3-14-4-5-15-6-7-16-8-9-17-10(11)12/h2-9H2,1H3. The first-order valence-corrected chi connectivity index (χ1v) is 5.69. The van der Waals surface area contributed by atoms with E-state index in [1.165, 1.54) is 0 Å². The molecule has 0 aliphatic carbocycles. The van der Waals surface area contributed by atoms with Crippen molar-refractivity contribution in [3.63, 3.8) is 0 Å². The SMILES string of the molecule is COCCOCCOCCOCCOC(=O)Cl. The van der Waals surface area contributed by atoms with Gasteiger partial charge in [-0.25, -0.2) is 4.79 Å². The second-order valence-electron chi connectivity index (χ2n) is 2.92. The van der Waals surface area contributed by atoms with Gasteiger partial charge in [0, 0.05) is 18.7 Å². The maximum absolute atomic E-state index is 10.2. The largest absolute Gasteiger partial charge is 0.451 e. The van der Waals surface area contributed by atoms with Gasteiger partial charge in [-0.2, -0.15) is 0 Å². The van der Waals surface area contributed by atoms with Gasteiger partial charge in [0.1, 0.15) is 6.61 Å². The molecule has 0 aromatic heterocycles. The number of methoxy groups -OCH3 is 1. The Morgan fingerprint density at radius 2 is 1.24 bits per heavy atom. The molecule has 0 aliphatic rings. The summed E-state index contributed by atoms with van der Waals surface area (Å²) in [5.41, 5.74) is -0.821. The van der Waals surface area contributed by atoms with E-state index in [0.717, 1.165) is 0 Å². The quantitative estimate of drug-likeness (QED) is 0.390. The first-order chi connectivity index (χ1) is 8.27. The fourth-order valence-corrected chi connectivity index (χ4v) is 0.942. The summed E-state index contributed by atoms with van der Waals surface area (Å²) in [6, 6.07) is 0. The third kappa shape index (κ3) is 15.6. The molecule has 17 heavy (non-hydrogen) atoms. The fraction of sp³-hybridized carbons (Fsp3) is 0.900. The molecule has 0 amide bonds. The number of halogens is 1. The van der Waals surface area contributed by atoms with Crippen LogP contribution >= 0.6 is 11.6 Å². The first kappa shape index (κ1) is 16.6. The molecule has 102 valence electrons. The van der Waals surface area contributed by atoms with Crippen molar-refractivity contribution in [2.75, 3.05) is 60.0 Å². The molecule has 0 saturated heterocycles. The fourth-order valence-electron chi connectivity index (χ4n) is 0.865. The van der Waals surface area contributed by atoms with Crippen LogP contribution in [-0.2, 0) is 23.7 Å². The van der Waals surface area contributed by atoms with Gasteiger partial charge in [0.2, 0.25) is 0 Å². The van der Waals surface area contributed by atoms with Crippen LogP contribution in [0.5, 0.6) is 0 Å². The lowest BCUT2D eigenvalue weighted by molar-refractivity contribution is -0.00138. The van der Waals surface area contributed by atoms with Crippen molar-refractivity contribution >= 4 is 17.0 Å². The Bertz CT molecular complexity index is 178. The summed E-state index contributed by atoms with van der Waals surface area (Å²) in [5.74, 6) is 0. The van der Waals surface area contributed by atoms with Gasteiger partial charge >= 0.3 is 5.43 Å². The first-order valence-electron chi connectivity index (χ1n) is 5.31. The molecule has 7 heteroatoms. The molecule has 0 aliphatic heterocycles. The minimum atomic E-state index is -0.821. The third-order valence-electron chi connectivity index (χ3n) is 1.62. The maximum Gasteiger partial charge on any atom is 0.403 e. The molecule has 0 spiro atoms. The molecule has 6 nitrogen and oxygen atoms in total. The molecule has 0 radical (unpaired) electrons. The van der Waals surface area contributed by atoms with Crippen LogP contribution in [0.4, 0.5) is 4.79 Å². The van der Waals surface area contributed by atoms with Gasteiger partial charge in [0.05, 0.1) is 46.2 Å². The van der Waals surface area contributed by atoms with Gasteiger partial charge in [-0.1, -0.05) is 0 Å². The highest BCUT2D eigenvalue weighted by Crippen LogP contribution is 1.87. The highest BCUT2D eigenvalue weighted by Gasteiger charge is 1.95. The van der Waals surface area contributed by atoms with Crippen LogP contribution in [0.1, 0.15) is 0 Å². The minimum Gasteiger partial charge on any atom is -0.451 e. The monoisotopic (exact) mass is 270 g/mol. The topological polar surface area (TPSA) is 63.2 Å². The second kappa shape index (κ2) is 13.7. The molecule has 0 heterocycles. The summed E-state index contributed by atoms with van der Waals surface area (Å²) in [6.45, 7) is 3.59. The van der Waals surface area contributed by atoms with Crippen LogP contribution in [0.25, 0.3) is 0 Å². The Hall–Kier alpha value is -0.400. The Balaban J connectivity index is 2.91. The molecule has 0 atom stereocenters. The van der Waals surface area contributed by atoms with Crippen molar-refractivity contribution in [3.05, 3.63) is 0 Å². The highest BCUT2D eigenvalue weighted by molar-refractivity contribution is 6.61. The van der Waals surface area contributed by atoms with Gasteiger partial charge in [0.15, 0.2) is 0 Å². The van der Waals surface area contributed by atoms with Crippen molar-refractivity contribution in [2.24, 2.45) is 0 Å². The van der Waals surface area contributed by atoms with E-state index in [2.05, 4.69) is 4.74 Å². The zero-order valence-corrected chi connectivity index (χ0v) is 10.7. The smallest absolute Gasteiger partial charge is 0.403 e. The van der Waals surface area contributed by atoms with Crippen molar-refractivity contribution in [2.45, 2.75) is 0 Å². The Morgan fingerprint density at radius 1 is 0.824 bits per heavy atom. The van der Waals surface area contributed by atoms with E-state index in [9.17, 15) is 4.79 Å². The second-order valence-corrected chi connectivity index (χ2v) is 3.22. The van der Waals surface area contributed by atoms with Crippen LogP contribution < -0.4 is 0 Å². The van der Waals surface area contributed by atoms with Crippen LogP contribution in [0.3, 0.4) is 0 Å². The predicted molar refractivity (Wildman–Crippen MR) is 61.5 cm³/mol. The van der Waals surface area contributed by atoms with Crippen LogP contribution in [0.2, 0.25) is 0 Å². The van der Waals surface area contributed by atoms with E-state index < -0.39 is 5.43 Å². The lowest BCUT2D eigenvalue weighted by Crippen LogP contribution is -2.13. The summed E-state index contributed by atoms with van der Waals surface area (Å²) < 4.78 is 24.8. The zero-order valence-electron chi connectivity index (χ0n) is 9.98. The summed E-state index contributed by atoms with van der Waals surface area (Å²) in [7, 11) is 1.62. The zero-order chi connectivity index (χ0) is 12.8. The summed E-state index contributed by atoms with van der Waals surface area (Å²) in [4.78, 5) is 10.2. The van der Waals surface area contributed by atoms with Gasteiger partial charge < -0.3 is 23.7 Å². The lowest BCUT2D eigenvalue weighted by atomic mass is 10.7. The number of carbonyl (C=O) groups is 1. The van der Waals surface area contributed by atoms with Crippen LogP contribution in [0, 0.1) is 0 Å². The van der Waals surface area contributed by atoms with E-state index in [4.69, 9.17) is 30.5 Å². The summed E-state index contributed by atoms with van der Waals surface area (Å²) in [6.07, 6.45) is 0. The average molecular weight is 271 g/mol. The molecule has 0 aromatic carbocycles. The molecule has 0 fully saturated rings. The molecule has 0 N–H and O–H groups in total. The molecular formula is C10H19ClO6. The van der Waals surface area contributed by atoms with Gasteiger partial charge in [0.25, 0.3) is 0 Å². The molecule has 0 saturated carbocycles. The van der Waals surface area contributed by atoms with Crippen LogP contribution in [-0.4, -0.2) is 65.4 Å². The molecule has 0 bridgehead atoms. The summed E-state index contributed by atoms with van der Waals surface area (Å²) in [5, 5.41) is 0. The lowest BCUT2D eigenvalue weighted by Gasteiger charge is -2.06. The molecular weight excluding hydrogens is 252 g/mol. The van der Waals surface area contributed by atoms with Crippen molar-refractivity contribution in [1.29, 1.82) is 0 Å². The molecule has 0 unspecified atom stereocenters. The Labute approximate surface area is 106 Å². The molecule has 0 aromatic rings. The molecule has 0 rings (SSSR count). The normalized spacial score (nSPS) is 10.5. The van der Waals surface area contributed by atoms with E-state index in [0.29, 0.717) is 46.2 Å². The maximum atomic E-state index is 10.2. The number of hydrogen-bond acceptors (Lipinski definition) is 6. The van der Waals surface area contributed by atoms with E-state index in [-0.39, 0.29) is 6.61 Å². The van der Waals surface area contributed by atoms with Gasteiger partial charge in [-0.15, -0.1) is 0 Å². The Kier molecular flexibility index (Phi) is 13.3. The van der Waals surface area contributed by atoms with E-state index in [1.807, 2.05) is 0 Å². The number of carbonyl (C=O) groups excluding carboxylic acids is 1. The predicted octanol–water partition coefficient (Wildman–Crippen LogP) is 1.06. The minimum absolute atomic E-state index is 0.155. The highest BCUT2D eigenvalue weighted by atomic mass is 35.5. The van der Waals surface area contributed by atoms with Crippen molar-refractivity contribution < 1.29 is 28.5 Å². The van der Waals surface area contributed by atoms with Gasteiger partial charge in [-0.05, 0) is 0 Å². The van der Waals surface area contributed by atoms with Gasteiger partial charge in [-0.3, -0.25) is 0 Å². The van der Waals surface area contributed by atoms with Crippen LogP contribution in [0.15, 0.2) is 0 Å². The van der Waals surface area contributed by atoms with E-state index in [1.54, 1.807) is 7.11 Å². The van der Waals surface area contributed by atoms with Crippen molar-refractivity contribution in [1.82, 2.24) is 0 Å². The third-order valence-corrected chi connectivity index (χ3v) is 1.73. The summed E-state index contributed by atoms with van der Waals surface area (Å²) >= 11 is 4.95. The van der Waals surface area contributed by atoms with Crippen molar-refractivity contribution in [3.8, 4) is 0 Å². The number of hydrogen-bond donors (Lipinski definition) is 0. The number of rotatable bonds is 12. The Morgan fingerprint density at radius 3 is 1.65 bits per heavy atom. The van der Waals surface area contributed by atoms with E-state index >= 15 is 0 Å². The average Bonchev–Trinajstić information content (AvgIpc) is 2.30. The number of ether oxygens (including phenoxy) is 5.